The van der Waals surface area contributed by atoms with Crippen molar-refractivity contribution >= 4 is 17.6 Å². The van der Waals surface area contributed by atoms with E-state index in [4.69, 9.17) is 5.73 Å². The van der Waals surface area contributed by atoms with Gasteiger partial charge in [-0.3, -0.25) is 0 Å². The highest BCUT2D eigenvalue weighted by atomic mass is 32.2. The Bertz CT molecular complexity index is 1040. The van der Waals surface area contributed by atoms with Crippen molar-refractivity contribution in [2.45, 2.75) is 17.7 Å². The second-order valence-electron chi connectivity index (χ2n) is 5.76. The Kier molecular flexibility index (Phi) is 4.92. The third-order valence-electron chi connectivity index (χ3n) is 4.01. The number of nitriles is 2. The number of anilines is 1. The third-order valence-corrected chi connectivity index (χ3v) is 4.99. The zero-order valence-electron chi connectivity index (χ0n) is 14.4. The van der Waals surface area contributed by atoms with Gasteiger partial charge in [0.1, 0.15) is 34.4 Å². The van der Waals surface area contributed by atoms with Crippen molar-refractivity contribution in [3.05, 3.63) is 59.2 Å². The van der Waals surface area contributed by atoms with Gasteiger partial charge in [-0.25, -0.2) is 9.97 Å². The van der Waals surface area contributed by atoms with Crippen molar-refractivity contribution in [3.8, 4) is 23.3 Å². The second kappa shape index (κ2) is 7.30. The van der Waals surface area contributed by atoms with E-state index in [0.29, 0.717) is 21.9 Å². The fourth-order valence-corrected chi connectivity index (χ4v) is 3.58. The summed E-state index contributed by atoms with van der Waals surface area (Å²) in [6, 6.07) is 12.0. The van der Waals surface area contributed by atoms with Gasteiger partial charge in [0.15, 0.2) is 0 Å². The van der Waals surface area contributed by atoms with Crippen LogP contribution in [0.5, 0.6) is 0 Å². The van der Waals surface area contributed by atoms with Gasteiger partial charge in [-0.1, -0.05) is 41.6 Å². The van der Waals surface area contributed by atoms with Gasteiger partial charge in [0, 0.05) is 25.0 Å². The first-order valence-electron chi connectivity index (χ1n) is 7.84. The van der Waals surface area contributed by atoms with Gasteiger partial charge in [0.05, 0.1) is 11.3 Å². The van der Waals surface area contributed by atoms with Crippen molar-refractivity contribution in [1.82, 2.24) is 14.5 Å². The Morgan fingerprint density at radius 3 is 2.42 bits per heavy atom. The number of aryl methyl sites for hydroxylation is 2. The van der Waals surface area contributed by atoms with Crippen LogP contribution >= 0.6 is 11.8 Å². The Morgan fingerprint density at radius 2 is 1.85 bits per heavy atom. The molecule has 7 heteroatoms. The molecule has 0 bridgehead atoms. The molecule has 3 aromatic rings. The summed E-state index contributed by atoms with van der Waals surface area (Å²) in [6.07, 6.45) is 3.58. The molecule has 0 aliphatic carbocycles. The van der Waals surface area contributed by atoms with E-state index in [1.807, 2.05) is 49.0 Å². The van der Waals surface area contributed by atoms with E-state index < -0.39 is 0 Å². The lowest BCUT2D eigenvalue weighted by Gasteiger charge is -2.13. The van der Waals surface area contributed by atoms with Gasteiger partial charge in [-0.15, -0.1) is 0 Å². The molecule has 0 aliphatic heterocycles. The number of imidazole rings is 1. The summed E-state index contributed by atoms with van der Waals surface area (Å²) in [6.45, 7) is 1.98. The molecule has 3 rings (SSSR count). The minimum Gasteiger partial charge on any atom is -0.383 e. The number of nitrogens with two attached hydrogens (primary N) is 1. The molecule has 0 saturated heterocycles. The molecule has 0 aliphatic rings. The van der Waals surface area contributed by atoms with Gasteiger partial charge in [-0.05, 0) is 12.5 Å². The molecule has 26 heavy (non-hydrogen) atoms. The lowest BCUT2D eigenvalue weighted by Crippen LogP contribution is -2.04. The van der Waals surface area contributed by atoms with Gasteiger partial charge in [0.25, 0.3) is 0 Å². The molecule has 0 atom stereocenters. The van der Waals surface area contributed by atoms with E-state index in [-0.39, 0.29) is 11.4 Å². The van der Waals surface area contributed by atoms with Crippen molar-refractivity contribution in [3.63, 3.8) is 0 Å². The topological polar surface area (TPSA) is 104 Å². The quantitative estimate of drug-likeness (QED) is 0.715. The molecule has 0 saturated carbocycles. The number of pyridine rings is 1. The summed E-state index contributed by atoms with van der Waals surface area (Å²) in [7, 11) is 1.91. The highest BCUT2D eigenvalue weighted by Gasteiger charge is 2.20. The van der Waals surface area contributed by atoms with Crippen LogP contribution in [0.3, 0.4) is 0 Å². The molecular formula is C19H16N6S. The molecule has 0 amide bonds. The summed E-state index contributed by atoms with van der Waals surface area (Å²) < 4.78 is 1.91. The number of aromatic nitrogens is 3. The van der Waals surface area contributed by atoms with Crippen LogP contribution in [0.1, 0.15) is 22.5 Å². The molecule has 128 valence electrons. The molecule has 1 aromatic carbocycles. The summed E-state index contributed by atoms with van der Waals surface area (Å²) in [4.78, 5) is 8.59. The summed E-state index contributed by atoms with van der Waals surface area (Å²) in [5.41, 5.74) is 9.02. The molecule has 0 spiro atoms. The standard InChI is InChI=1S/C19H16N6S/c1-12-3-5-13(6-4-12)17-14(9-20)18(22)24-19(15(17)10-21)26-11-16-23-7-8-25(16)2/h3-8H,11H2,1-2H3,(H2,22,24). The second-order valence-corrected chi connectivity index (χ2v) is 6.72. The predicted octanol–water partition coefficient (Wildman–Crippen LogP) is 3.41. The number of thioether (sulfide) groups is 1. The van der Waals surface area contributed by atoms with Gasteiger partial charge in [0.2, 0.25) is 0 Å². The average Bonchev–Trinajstić information content (AvgIpc) is 3.05. The van der Waals surface area contributed by atoms with E-state index in [2.05, 4.69) is 22.1 Å². The van der Waals surface area contributed by atoms with Gasteiger partial charge < -0.3 is 10.3 Å². The first-order valence-corrected chi connectivity index (χ1v) is 8.83. The predicted molar refractivity (Wildman–Crippen MR) is 101 cm³/mol. The maximum Gasteiger partial charge on any atom is 0.143 e. The van der Waals surface area contributed by atoms with Crippen molar-refractivity contribution in [1.29, 1.82) is 10.5 Å². The Morgan fingerprint density at radius 1 is 1.15 bits per heavy atom. The molecular weight excluding hydrogens is 344 g/mol. The van der Waals surface area contributed by atoms with Crippen LogP contribution in [0.4, 0.5) is 5.82 Å². The normalized spacial score (nSPS) is 10.3. The number of rotatable bonds is 4. The highest BCUT2D eigenvalue weighted by molar-refractivity contribution is 7.98. The van der Waals surface area contributed by atoms with Crippen molar-refractivity contribution in [2.75, 3.05) is 5.73 Å². The SMILES string of the molecule is Cc1ccc(-c2c(C#N)c(N)nc(SCc3nccn3C)c2C#N)cc1. The number of nitrogen functional groups attached to an aromatic ring is 1. The smallest absolute Gasteiger partial charge is 0.143 e. The number of nitrogens with zero attached hydrogens (tertiary/aromatic N) is 5. The molecule has 6 nitrogen and oxygen atoms in total. The third kappa shape index (κ3) is 3.26. The largest absolute Gasteiger partial charge is 0.383 e. The monoisotopic (exact) mass is 360 g/mol. The first-order chi connectivity index (χ1) is 12.5. The molecule has 0 radical (unpaired) electrons. The zero-order chi connectivity index (χ0) is 18.7. The lowest BCUT2D eigenvalue weighted by atomic mass is 9.96. The molecule has 0 unspecified atom stereocenters. The van der Waals surface area contributed by atoms with Crippen LogP contribution < -0.4 is 5.73 Å². The number of hydrogen-bond donors (Lipinski definition) is 1. The van der Waals surface area contributed by atoms with E-state index in [9.17, 15) is 10.5 Å². The van der Waals surface area contributed by atoms with Crippen LogP contribution in [-0.2, 0) is 12.8 Å². The van der Waals surface area contributed by atoms with E-state index in [1.54, 1.807) is 6.20 Å². The van der Waals surface area contributed by atoms with Crippen LogP contribution in [-0.4, -0.2) is 14.5 Å². The maximum absolute atomic E-state index is 9.76. The van der Waals surface area contributed by atoms with Crippen LogP contribution in [0.2, 0.25) is 0 Å². The zero-order valence-corrected chi connectivity index (χ0v) is 15.2. The molecule has 2 heterocycles. The lowest BCUT2D eigenvalue weighted by molar-refractivity contribution is 0.848. The fraction of sp³-hybridized carbons (Fsp3) is 0.158. The van der Waals surface area contributed by atoms with E-state index in [0.717, 1.165) is 17.0 Å². The van der Waals surface area contributed by atoms with Crippen LogP contribution in [0.25, 0.3) is 11.1 Å². The molecule has 0 fully saturated rings. The van der Waals surface area contributed by atoms with E-state index in [1.165, 1.54) is 11.8 Å². The Hall–Kier alpha value is -3.29. The average molecular weight is 360 g/mol. The Balaban J connectivity index is 2.12. The first kappa shape index (κ1) is 17.5. The molecule has 2 aromatic heterocycles. The number of benzene rings is 1. The maximum atomic E-state index is 9.76. The van der Waals surface area contributed by atoms with Crippen LogP contribution in [0.15, 0.2) is 41.7 Å². The van der Waals surface area contributed by atoms with Crippen LogP contribution in [0, 0.1) is 29.6 Å². The van der Waals surface area contributed by atoms with Crippen molar-refractivity contribution < 1.29 is 0 Å². The van der Waals surface area contributed by atoms with Gasteiger partial charge in [-0.2, -0.15) is 10.5 Å². The number of hydrogen-bond acceptors (Lipinski definition) is 6. The summed E-state index contributed by atoms with van der Waals surface area (Å²) in [5, 5.41) is 19.8. The minimum atomic E-state index is 0.129. The fourth-order valence-electron chi connectivity index (χ4n) is 2.58. The van der Waals surface area contributed by atoms with Gasteiger partial charge >= 0.3 is 0 Å². The summed E-state index contributed by atoms with van der Waals surface area (Å²) >= 11 is 1.38. The highest BCUT2D eigenvalue weighted by Crippen LogP contribution is 2.36. The molecule has 2 N–H and O–H groups in total. The van der Waals surface area contributed by atoms with E-state index >= 15 is 0 Å². The minimum absolute atomic E-state index is 0.129. The summed E-state index contributed by atoms with van der Waals surface area (Å²) in [5.74, 6) is 1.54. The Labute approximate surface area is 155 Å². The van der Waals surface area contributed by atoms with Crippen molar-refractivity contribution in [2.24, 2.45) is 7.05 Å².